The molecule has 4 aromatic carbocycles. The van der Waals surface area contributed by atoms with Gasteiger partial charge in [0.25, 0.3) is 5.56 Å². The molecule has 0 saturated carbocycles. The van der Waals surface area contributed by atoms with Crippen LogP contribution in [0, 0.1) is 34.6 Å². The van der Waals surface area contributed by atoms with E-state index < -0.39 is 0 Å². The van der Waals surface area contributed by atoms with E-state index in [1.807, 2.05) is 55.5 Å². The van der Waals surface area contributed by atoms with Crippen LogP contribution in [0.2, 0.25) is 0 Å². The maximum Gasteiger partial charge on any atom is 0.282 e. The summed E-state index contributed by atoms with van der Waals surface area (Å²) < 4.78 is 1.41. The Balaban J connectivity index is 1.48. The summed E-state index contributed by atoms with van der Waals surface area (Å²) in [6.45, 7) is 10.4. The molecular weight excluding hydrogens is 570 g/mol. The zero-order chi connectivity index (χ0) is 31.7. The molecule has 1 aliphatic rings. The van der Waals surface area contributed by atoms with Crippen molar-refractivity contribution in [2.24, 2.45) is 0 Å². The second-order valence-electron chi connectivity index (χ2n) is 11.9. The SMILES string of the molecule is Cc1cccc(C)c1N1C(=C/C=c2/c(C)nn3c(=O)c4ccccc4nc23)N(c2c(C)cccc2C)c2nc3ccccc3nc21. The zero-order valence-electron chi connectivity index (χ0n) is 26.3. The second-order valence-corrected chi connectivity index (χ2v) is 11.9. The third-order valence-corrected chi connectivity index (χ3v) is 8.78. The number of anilines is 4. The smallest absolute Gasteiger partial charge is 0.276 e. The normalized spacial score (nSPS) is 13.4. The van der Waals surface area contributed by atoms with Crippen molar-refractivity contribution in [2.45, 2.75) is 34.6 Å². The van der Waals surface area contributed by atoms with Crippen molar-refractivity contribution in [1.82, 2.24) is 24.6 Å². The number of allylic oxidation sites excluding steroid dienone is 1. The van der Waals surface area contributed by atoms with Crippen LogP contribution in [0.1, 0.15) is 27.9 Å². The average Bonchev–Trinajstić information content (AvgIpc) is 3.52. The van der Waals surface area contributed by atoms with Crippen LogP contribution < -0.4 is 20.6 Å². The molecule has 0 bridgehead atoms. The largest absolute Gasteiger partial charge is 0.282 e. The fourth-order valence-corrected chi connectivity index (χ4v) is 6.61. The number of fused-ring (bicyclic) bond motifs is 4. The predicted molar refractivity (Wildman–Crippen MR) is 185 cm³/mol. The van der Waals surface area contributed by atoms with Gasteiger partial charge in [-0.05, 0) is 93.3 Å². The number of hydrogen-bond donors (Lipinski definition) is 0. The van der Waals surface area contributed by atoms with Gasteiger partial charge in [0.2, 0.25) is 0 Å². The van der Waals surface area contributed by atoms with E-state index in [0.717, 1.165) is 67.3 Å². The summed E-state index contributed by atoms with van der Waals surface area (Å²) in [6, 6.07) is 28.0. The standard InChI is InChI=1S/C38H31N7O/c1-22-12-10-13-23(2)33(22)43-32(21-20-27-26(5)42-45-35(27)39-29-17-7-6-16-28(29)38(45)46)44(34-24(3)14-11-15-25(34)4)37-36(43)40-30-18-8-9-19-31(30)41-37/h6-21H,1-5H3/b27-20-. The van der Waals surface area contributed by atoms with Gasteiger partial charge in [-0.25, -0.2) is 15.0 Å². The van der Waals surface area contributed by atoms with Gasteiger partial charge in [0.15, 0.2) is 17.3 Å². The van der Waals surface area contributed by atoms with Crippen molar-refractivity contribution in [3.05, 3.63) is 140 Å². The first-order chi connectivity index (χ1) is 22.3. The molecule has 0 aliphatic carbocycles. The Morgan fingerprint density at radius 1 is 0.565 bits per heavy atom. The first-order valence-electron chi connectivity index (χ1n) is 15.3. The lowest BCUT2D eigenvalue weighted by Crippen LogP contribution is -2.24. The van der Waals surface area contributed by atoms with Gasteiger partial charge >= 0.3 is 0 Å². The Labute approximate surface area is 265 Å². The quantitative estimate of drug-likeness (QED) is 0.215. The topological polar surface area (TPSA) is 79.5 Å². The van der Waals surface area contributed by atoms with Gasteiger partial charge in [0.05, 0.1) is 39.0 Å². The van der Waals surface area contributed by atoms with Crippen molar-refractivity contribution in [1.29, 1.82) is 0 Å². The summed E-state index contributed by atoms with van der Waals surface area (Å²) >= 11 is 0. The lowest BCUT2D eigenvalue weighted by atomic mass is 10.1. The molecule has 4 heterocycles. The third kappa shape index (κ3) is 4.10. The van der Waals surface area contributed by atoms with Crippen LogP contribution in [0.3, 0.4) is 0 Å². The number of aryl methyl sites for hydroxylation is 5. The van der Waals surface area contributed by atoms with Gasteiger partial charge in [0, 0.05) is 5.22 Å². The summed E-state index contributed by atoms with van der Waals surface area (Å²) in [4.78, 5) is 33.2. The highest BCUT2D eigenvalue weighted by atomic mass is 16.1. The van der Waals surface area contributed by atoms with E-state index in [1.165, 1.54) is 4.52 Å². The highest BCUT2D eigenvalue weighted by Gasteiger charge is 2.39. The molecule has 224 valence electrons. The molecule has 0 radical (unpaired) electrons. The molecule has 0 N–H and O–H groups in total. The first kappa shape index (κ1) is 27.6. The van der Waals surface area contributed by atoms with E-state index in [1.54, 1.807) is 6.07 Å². The molecule has 0 saturated heterocycles. The number of para-hydroxylation sites is 5. The van der Waals surface area contributed by atoms with Crippen molar-refractivity contribution < 1.29 is 0 Å². The fraction of sp³-hybridized carbons (Fsp3) is 0.132. The number of aromatic nitrogens is 5. The van der Waals surface area contributed by atoms with Crippen LogP contribution in [0.25, 0.3) is 33.7 Å². The summed E-state index contributed by atoms with van der Waals surface area (Å²) in [5.74, 6) is 2.36. The van der Waals surface area contributed by atoms with E-state index >= 15 is 0 Å². The molecule has 0 unspecified atom stereocenters. The molecule has 8 heteroatoms. The summed E-state index contributed by atoms with van der Waals surface area (Å²) in [5.41, 5.74) is 9.90. The number of benzene rings is 4. The molecule has 46 heavy (non-hydrogen) atoms. The van der Waals surface area contributed by atoms with Crippen LogP contribution in [-0.2, 0) is 0 Å². The van der Waals surface area contributed by atoms with Crippen LogP contribution in [-0.4, -0.2) is 24.6 Å². The molecular formula is C38H31N7O. The maximum absolute atomic E-state index is 13.4. The molecule has 8 rings (SSSR count). The molecule has 0 atom stereocenters. The van der Waals surface area contributed by atoms with E-state index in [0.29, 0.717) is 22.2 Å². The third-order valence-electron chi connectivity index (χ3n) is 8.78. The summed E-state index contributed by atoms with van der Waals surface area (Å²) in [5, 5.41) is 5.94. The highest BCUT2D eigenvalue weighted by molar-refractivity contribution is 5.96. The van der Waals surface area contributed by atoms with E-state index in [9.17, 15) is 4.79 Å². The van der Waals surface area contributed by atoms with Crippen molar-refractivity contribution >= 4 is 56.7 Å². The predicted octanol–water partition coefficient (Wildman–Crippen LogP) is 7.06. The monoisotopic (exact) mass is 601 g/mol. The number of rotatable bonds is 3. The Kier molecular flexibility index (Phi) is 6.22. The lowest BCUT2D eigenvalue weighted by molar-refractivity contribution is 0.895. The molecule has 1 aliphatic heterocycles. The van der Waals surface area contributed by atoms with Crippen molar-refractivity contribution in [2.75, 3.05) is 9.80 Å². The van der Waals surface area contributed by atoms with Crippen LogP contribution >= 0.6 is 0 Å². The van der Waals surface area contributed by atoms with E-state index in [4.69, 9.17) is 15.0 Å². The Morgan fingerprint density at radius 2 is 1.07 bits per heavy atom. The Bertz CT molecular complexity index is 2390. The van der Waals surface area contributed by atoms with Gasteiger partial charge in [-0.15, -0.1) is 0 Å². The zero-order valence-corrected chi connectivity index (χ0v) is 26.3. The second kappa shape index (κ2) is 10.3. The van der Waals surface area contributed by atoms with Gasteiger partial charge in [-0.3, -0.25) is 14.6 Å². The molecule has 0 amide bonds. The Hall–Kier alpha value is -5.89. The number of hydrogen-bond acceptors (Lipinski definition) is 7. The van der Waals surface area contributed by atoms with Gasteiger partial charge in [0.1, 0.15) is 5.82 Å². The minimum Gasteiger partial charge on any atom is -0.276 e. The molecule has 8 nitrogen and oxygen atoms in total. The van der Waals surface area contributed by atoms with Crippen LogP contribution in [0.5, 0.6) is 0 Å². The summed E-state index contributed by atoms with van der Waals surface area (Å²) in [7, 11) is 0. The molecule has 3 aromatic heterocycles. The first-order valence-corrected chi connectivity index (χ1v) is 15.3. The molecule has 7 aromatic rings. The van der Waals surface area contributed by atoms with E-state index in [2.05, 4.69) is 85.1 Å². The maximum atomic E-state index is 13.4. The van der Waals surface area contributed by atoms with Crippen molar-refractivity contribution in [3.8, 4) is 0 Å². The minimum atomic E-state index is -0.182. The minimum absolute atomic E-state index is 0.182. The van der Waals surface area contributed by atoms with Crippen LogP contribution in [0.4, 0.5) is 23.0 Å². The average molecular weight is 602 g/mol. The number of nitrogens with zero attached hydrogens (tertiary/aromatic N) is 7. The van der Waals surface area contributed by atoms with Crippen molar-refractivity contribution in [3.63, 3.8) is 0 Å². The molecule has 0 fully saturated rings. The lowest BCUT2D eigenvalue weighted by Gasteiger charge is -2.28. The highest BCUT2D eigenvalue weighted by Crippen LogP contribution is 2.51. The van der Waals surface area contributed by atoms with Crippen LogP contribution in [0.15, 0.2) is 102 Å². The van der Waals surface area contributed by atoms with Gasteiger partial charge in [-0.2, -0.15) is 9.61 Å². The Morgan fingerprint density at radius 3 is 1.61 bits per heavy atom. The fourth-order valence-electron chi connectivity index (χ4n) is 6.61. The molecule has 0 spiro atoms. The van der Waals surface area contributed by atoms with E-state index in [-0.39, 0.29) is 5.56 Å². The van der Waals surface area contributed by atoms with Gasteiger partial charge < -0.3 is 0 Å². The summed E-state index contributed by atoms with van der Waals surface area (Å²) in [6.07, 6.45) is 4.10. The van der Waals surface area contributed by atoms with Gasteiger partial charge in [-0.1, -0.05) is 60.7 Å².